The first kappa shape index (κ1) is 22.1. The number of anilines is 1. The van der Waals surface area contributed by atoms with Gasteiger partial charge in [-0.1, -0.05) is 35.1 Å². The number of carbonyl (C=O) groups excluding carboxylic acids is 1. The summed E-state index contributed by atoms with van der Waals surface area (Å²) in [5.74, 6) is -0.317. The Morgan fingerprint density at radius 3 is 2.65 bits per heavy atom. The number of halogens is 1. The SMILES string of the molecule is Cc1ccc(Cl)c2sc(N(Cc3cccnc3)C(=O)C3CCN(S(C)(=O)=O)CC3)nc12. The van der Waals surface area contributed by atoms with Crippen LogP contribution in [-0.4, -0.2) is 47.9 Å². The average Bonchev–Trinajstić information content (AvgIpc) is 3.21. The van der Waals surface area contributed by atoms with Crippen molar-refractivity contribution in [1.29, 1.82) is 0 Å². The molecular weight excluding hydrogens is 456 g/mol. The molecule has 0 N–H and O–H groups in total. The maximum Gasteiger partial charge on any atom is 0.232 e. The topological polar surface area (TPSA) is 83.5 Å². The molecule has 1 aliphatic rings. The number of pyridine rings is 1. The number of hydrogen-bond acceptors (Lipinski definition) is 6. The van der Waals surface area contributed by atoms with E-state index in [1.807, 2.05) is 31.2 Å². The number of sulfonamides is 1. The molecule has 1 fully saturated rings. The molecule has 0 bridgehead atoms. The van der Waals surface area contributed by atoms with Crippen LogP contribution in [0.2, 0.25) is 5.02 Å². The number of aryl methyl sites for hydroxylation is 1. The standard InChI is InChI=1S/C21H23ClN4O3S2/c1-14-5-6-17(22)19-18(14)24-21(30-19)26(13-15-4-3-9-23-12-15)20(27)16-7-10-25(11-8-16)31(2,28)29/h3-6,9,12,16H,7-8,10-11,13H2,1-2H3. The van der Waals surface area contributed by atoms with Gasteiger partial charge in [-0.05, 0) is 43.0 Å². The molecule has 7 nitrogen and oxygen atoms in total. The van der Waals surface area contributed by atoms with Gasteiger partial charge in [0.25, 0.3) is 0 Å². The summed E-state index contributed by atoms with van der Waals surface area (Å²) in [5, 5.41) is 1.20. The fraction of sp³-hybridized carbons (Fsp3) is 0.381. The third-order valence-electron chi connectivity index (χ3n) is 5.52. The summed E-state index contributed by atoms with van der Waals surface area (Å²) < 4.78 is 25.9. The van der Waals surface area contributed by atoms with Crippen molar-refractivity contribution in [3.63, 3.8) is 0 Å². The van der Waals surface area contributed by atoms with Gasteiger partial charge in [0.2, 0.25) is 15.9 Å². The normalized spacial score (nSPS) is 16.0. The van der Waals surface area contributed by atoms with Crippen molar-refractivity contribution < 1.29 is 13.2 Å². The second-order valence-corrected chi connectivity index (χ2v) is 11.1. The van der Waals surface area contributed by atoms with Gasteiger partial charge in [-0.25, -0.2) is 17.7 Å². The molecular formula is C21H23ClN4O3S2. The third-order valence-corrected chi connectivity index (χ3v) is 8.36. The van der Waals surface area contributed by atoms with Gasteiger partial charge in [0.1, 0.15) is 0 Å². The second-order valence-electron chi connectivity index (χ2n) is 7.76. The summed E-state index contributed by atoms with van der Waals surface area (Å²) in [6.45, 7) is 3.01. The van der Waals surface area contributed by atoms with E-state index in [9.17, 15) is 13.2 Å². The van der Waals surface area contributed by atoms with Gasteiger partial charge in [-0.3, -0.25) is 14.7 Å². The number of hydrogen-bond donors (Lipinski definition) is 0. The number of carbonyl (C=O) groups is 1. The minimum Gasteiger partial charge on any atom is -0.283 e. The van der Waals surface area contributed by atoms with E-state index in [0.29, 0.717) is 42.6 Å². The van der Waals surface area contributed by atoms with Crippen molar-refractivity contribution in [1.82, 2.24) is 14.3 Å². The van der Waals surface area contributed by atoms with Crippen molar-refractivity contribution >= 4 is 54.2 Å². The monoisotopic (exact) mass is 478 g/mol. The summed E-state index contributed by atoms with van der Waals surface area (Å²) in [6.07, 6.45) is 5.60. The van der Waals surface area contributed by atoms with E-state index >= 15 is 0 Å². The number of rotatable bonds is 5. The summed E-state index contributed by atoms with van der Waals surface area (Å²) in [6, 6.07) is 7.52. The van der Waals surface area contributed by atoms with Crippen LogP contribution >= 0.6 is 22.9 Å². The van der Waals surface area contributed by atoms with Crippen LogP contribution in [0.25, 0.3) is 10.2 Å². The van der Waals surface area contributed by atoms with E-state index in [4.69, 9.17) is 16.6 Å². The average molecular weight is 479 g/mol. The summed E-state index contributed by atoms with van der Waals surface area (Å²) in [4.78, 5) is 24.2. The molecule has 3 aromatic rings. The van der Waals surface area contributed by atoms with Crippen molar-refractivity contribution in [2.45, 2.75) is 26.3 Å². The lowest BCUT2D eigenvalue weighted by atomic mass is 9.96. The predicted molar refractivity (Wildman–Crippen MR) is 124 cm³/mol. The Morgan fingerprint density at radius 1 is 1.29 bits per heavy atom. The molecule has 0 saturated carbocycles. The van der Waals surface area contributed by atoms with Crippen LogP contribution in [0.4, 0.5) is 5.13 Å². The molecule has 10 heteroatoms. The van der Waals surface area contributed by atoms with E-state index < -0.39 is 10.0 Å². The number of aromatic nitrogens is 2. The molecule has 1 aromatic carbocycles. The van der Waals surface area contributed by atoms with Gasteiger partial charge in [-0.15, -0.1) is 0 Å². The van der Waals surface area contributed by atoms with Crippen molar-refractivity contribution in [3.05, 3.63) is 52.8 Å². The number of amides is 1. The Kier molecular flexibility index (Phi) is 6.30. The summed E-state index contributed by atoms with van der Waals surface area (Å²) in [5.41, 5.74) is 2.69. The highest BCUT2D eigenvalue weighted by molar-refractivity contribution is 7.88. The summed E-state index contributed by atoms with van der Waals surface area (Å²) in [7, 11) is -3.25. The zero-order chi connectivity index (χ0) is 22.2. The Morgan fingerprint density at radius 2 is 2.03 bits per heavy atom. The molecule has 0 atom stereocenters. The lowest BCUT2D eigenvalue weighted by molar-refractivity contribution is -0.123. The van der Waals surface area contributed by atoms with Crippen LogP contribution in [0.3, 0.4) is 0 Å². The van der Waals surface area contributed by atoms with Crippen LogP contribution < -0.4 is 4.90 Å². The molecule has 0 radical (unpaired) electrons. The first-order chi connectivity index (χ1) is 14.7. The van der Waals surface area contributed by atoms with Crippen LogP contribution in [0.1, 0.15) is 24.0 Å². The molecule has 3 heterocycles. The molecule has 1 saturated heterocycles. The highest BCUT2D eigenvalue weighted by Crippen LogP contribution is 2.37. The highest BCUT2D eigenvalue weighted by Gasteiger charge is 2.33. The molecule has 0 aliphatic carbocycles. The maximum atomic E-state index is 13.6. The first-order valence-electron chi connectivity index (χ1n) is 9.95. The zero-order valence-corrected chi connectivity index (χ0v) is 19.7. The predicted octanol–water partition coefficient (Wildman–Crippen LogP) is 3.86. The highest BCUT2D eigenvalue weighted by atomic mass is 35.5. The molecule has 0 spiro atoms. The number of fused-ring (bicyclic) bond motifs is 1. The van der Waals surface area contributed by atoms with Gasteiger partial charge in [0.05, 0.1) is 28.0 Å². The molecule has 0 unspecified atom stereocenters. The summed E-state index contributed by atoms with van der Waals surface area (Å²) >= 11 is 7.79. The van der Waals surface area contributed by atoms with Crippen molar-refractivity contribution in [3.8, 4) is 0 Å². The number of nitrogens with zero attached hydrogens (tertiary/aromatic N) is 4. The quantitative estimate of drug-likeness (QED) is 0.556. The second kappa shape index (κ2) is 8.82. The molecule has 1 aliphatic heterocycles. The number of piperidine rings is 1. The zero-order valence-electron chi connectivity index (χ0n) is 17.3. The van der Waals surface area contributed by atoms with E-state index in [-0.39, 0.29) is 11.8 Å². The largest absolute Gasteiger partial charge is 0.283 e. The van der Waals surface area contributed by atoms with E-state index in [0.717, 1.165) is 21.3 Å². The molecule has 4 rings (SSSR count). The fourth-order valence-corrected chi connectivity index (χ4v) is 5.97. The third kappa shape index (κ3) is 4.74. The lowest BCUT2D eigenvalue weighted by Gasteiger charge is -2.32. The lowest BCUT2D eigenvalue weighted by Crippen LogP contribution is -2.44. The molecule has 2 aromatic heterocycles. The molecule has 1 amide bonds. The van der Waals surface area contributed by atoms with Crippen LogP contribution in [0.15, 0.2) is 36.7 Å². The van der Waals surface area contributed by atoms with Crippen LogP contribution in [-0.2, 0) is 21.4 Å². The minimum absolute atomic E-state index is 0.0511. The van der Waals surface area contributed by atoms with E-state index in [2.05, 4.69) is 4.98 Å². The van der Waals surface area contributed by atoms with Crippen molar-refractivity contribution in [2.24, 2.45) is 5.92 Å². The number of benzene rings is 1. The smallest absolute Gasteiger partial charge is 0.232 e. The van der Waals surface area contributed by atoms with Gasteiger partial charge in [-0.2, -0.15) is 0 Å². The fourth-order valence-electron chi connectivity index (χ4n) is 3.78. The van der Waals surface area contributed by atoms with Gasteiger partial charge in [0.15, 0.2) is 5.13 Å². The Bertz CT molecular complexity index is 1170. The molecule has 164 valence electrons. The van der Waals surface area contributed by atoms with Gasteiger partial charge >= 0.3 is 0 Å². The van der Waals surface area contributed by atoms with Crippen LogP contribution in [0.5, 0.6) is 0 Å². The van der Waals surface area contributed by atoms with E-state index in [1.54, 1.807) is 17.3 Å². The Balaban J connectivity index is 1.66. The maximum absolute atomic E-state index is 13.6. The van der Waals surface area contributed by atoms with Crippen molar-refractivity contribution in [2.75, 3.05) is 24.2 Å². The Labute approximate surface area is 190 Å². The van der Waals surface area contributed by atoms with E-state index in [1.165, 1.54) is 21.9 Å². The Hall–Kier alpha value is -2.07. The van der Waals surface area contributed by atoms with Gasteiger partial charge < -0.3 is 0 Å². The number of thiazole rings is 1. The van der Waals surface area contributed by atoms with Crippen LogP contribution in [0, 0.1) is 12.8 Å². The minimum atomic E-state index is -3.25. The molecule has 31 heavy (non-hydrogen) atoms. The first-order valence-corrected chi connectivity index (χ1v) is 13.0. The van der Waals surface area contributed by atoms with Gasteiger partial charge in [0, 0.05) is 31.4 Å².